The van der Waals surface area contributed by atoms with E-state index in [0.29, 0.717) is 29.2 Å². The van der Waals surface area contributed by atoms with Gasteiger partial charge < -0.3 is 10.1 Å². The van der Waals surface area contributed by atoms with Crippen LogP contribution < -0.4 is 10.9 Å². The molecule has 28 heavy (non-hydrogen) atoms. The highest BCUT2D eigenvalue weighted by molar-refractivity contribution is 9.10. The van der Waals surface area contributed by atoms with E-state index >= 15 is 0 Å². The summed E-state index contributed by atoms with van der Waals surface area (Å²) in [5, 5.41) is 3.89. The highest BCUT2D eigenvalue weighted by Gasteiger charge is 2.14. The monoisotopic (exact) mass is 461 g/mol. The van der Waals surface area contributed by atoms with E-state index in [9.17, 15) is 9.59 Å². The molecule has 0 spiro atoms. The van der Waals surface area contributed by atoms with Gasteiger partial charge in [0.15, 0.2) is 5.16 Å². The molecule has 0 fully saturated rings. The first-order valence-electron chi connectivity index (χ1n) is 8.66. The lowest BCUT2D eigenvalue weighted by Crippen LogP contribution is -2.26. The van der Waals surface area contributed by atoms with Gasteiger partial charge in [-0.1, -0.05) is 39.8 Å². The molecule has 1 aromatic heterocycles. The number of ether oxygens (including phenoxy) is 1. The van der Waals surface area contributed by atoms with Gasteiger partial charge in [-0.15, -0.1) is 0 Å². The quantitative estimate of drug-likeness (QED) is 0.427. The van der Waals surface area contributed by atoms with Crippen molar-refractivity contribution in [3.05, 3.63) is 62.9 Å². The standard InChI is InChI=1S/C20H20BrN3O3S/c1-13-4-3-5-15(10-13)22-18(25)12-28-20-23-17-7-6-14(21)11-16(17)19(26)24(20)8-9-27-2/h3-7,10-11H,8-9,12H2,1-2H3,(H,22,25). The number of halogens is 1. The molecular weight excluding hydrogens is 442 g/mol. The van der Waals surface area contributed by atoms with Gasteiger partial charge in [-0.3, -0.25) is 14.2 Å². The number of hydrogen-bond donors (Lipinski definition) is 1. The van der Waals surface area contributed by atoms with Crippen LogP contribution in [0, 0.1) is 6.92 Å². The maximum Gasteiger partial charge on any atom is 0.262 e. The Hall–Kier alpha value is -2.16. The summed E-state index contributed by atoms with van der Waals surface area (Å²) in [4.78, 5) is 29.8. The molecule has 0 radical (unpaired) electrons. The van der Waals surface area contributed by atoms with E-state index in [1.54, 1.807) is 23.8 Å². The van der Waals surface area contributed by atoms with Crippen LogP contribution in [0.3, 0.4) is 0 Å². The zero-order valence-electron chi connectivity index (χ0n) is 15.6. The maximum atomic E-state index is 12.9. The molecule has 2 aromatic carbocycles. The number of anilines is 1. The van der Waals surface area contributed by atoms with Gasteiger partial charge in [0.05, 0.1) is 29.8 Å². The van der Waals surface area contributed by atoms with Crippen LogP contribution in [-0.2, 0) is 16.1 Å². The fraction of sp³-hybridized carbons (Fsp3) is 0.250. The molecule has 0 unspecified atom stereocenters. The van der Waals surface area contributed by atoms with Crippen molar-refractivity contribution in [1.82, 2.24) is 9.55 Å². The minimum absolute atomic E-state index is 0.148. The lowest BCUT2D eigenvalue weighted by molar-refractivity contribution is -0.113. The van der Waals surface area contributed by atoms with E-state index < -0.39 is 0 Å². The van der Waals surface area contributed by atoms with Crippen LogP contribution in [-0.4, -0.2) is 34.9 Å². The molecule has 1 amide bonds. The van der Waals surface area contributed by atoms with Crippen molar-refractivity contribution < 1.29 is 9.53 Å². The maximum absolute atomic E-state index is 12.9. The summed E-state index contributed by atoms with van der Waals surface area (Å²) in [5.41, 5.74) is 2.27. The first-order chi connectivity index (χ1) is 13.5. The SMILES string of the molecule is COCCn1c(SCC(=O)Nc2cccc(C)c2)nc2ccc(Br)cc2c1=O. The average Bonchev–Trinajstić information content (AvgIpc) is 2.66. The first-order valence-corrected chi connectivity index (χ1v) is 10.4. The molecule has 1 heterocycles. The Morgan fingerprint density at radius 1 is 1.29 bits per heavy atom. The summed E-state index contributed by atoms with van der Waals surface area (Å²) in [6, 6.07) is 13.0. The highest BCUT2D eigenvalue weighted by atomic mass is 79.9. The lowest BCUT2D eigenvalue weighted by atomic mass is 10.2. The number of carbonyl (C=O) groups excluding carboxylic acids is 1. The van der Waals surface area contributed by atoms with Gasteiger partial charge in [-0.2, -0.15) is 0 Å². The van der Waals surface area contributed by atoms with Crippen molar-refractivity contribution in [2.45, 2.75) is 18.6 Å². The van der Waals surface area contributed by atoms with Gasteiger partial charge in [0.1, 0.15) is 0 Å². The number of benzene rings is 2. The number of methoxy groups -OCH3 is 1. The second-order valence-corrected chi connectivity index (χ2v) is 8.07. The molecule has 0 atom stereocenters. The zero-order chi connectivity index (χ0) is 20.1. The molecule has 8 heteroatoms. The number of aromatic nitrogens is 2. The third-order valence-corrected chi connectivity index (χ3v) is 5.50. The normalized spacial score (nSPS) is 11.0. The van der Waals surface area contributed by atoms with Crippen LogP contribution in [0.4, 0.5) is 5.69 Å². The van der Waals surface area contributed by atoms with E-state index in [4.69, 9.17) is 4.74 Å². The van der Waals surface area contributed by atoms with Crippen LogP contribution in [0.5, 0.6) is 0 Å². The van der Waals surface area contributed by atoms with Crippen LogP contribution in [0.2, 0.25) is 0 Å². The molecule has 3 rings (SSSR count). The Balaban J connectivity index is 1.83. The Morgan fingerprint density at radius 2 is 2.11 bits per heavy atom. The topological polar surface area (TPSA) is 73.2 Å². The number of nitrogens with one attached hydrogen (secondary N) is 1. The van der Waals surface area contributed by atoms with Crippen LogP contribution in [0.1, 0.15) is 5.56 Å². The third-order valence-electron chi connectivity index (χ3n) is 4.03. The molecule has 146 valence electrons. The minimum Gasteiger partial charge on any atom is -0.383 e. The van der Waals surface area contributed by atoms with Gasteiger partial charge in [0, 0.05) is 17.3 Å². The van der Waals surface area contributed by atoms with E-state index in [1.807, 2.05) is 37.3 Å². The van der Waals surface area contributed by atoms with E-state index in [-0.39, 0.29) is 17.2 Å². The minimum atomic E-state index is -0.154. The zero-order valence-corrected chi connectivity index (χ0v) is 18.0. The second kappa shape index (κ2) is 9.36. The molecule has 0 aliphatic heterocycles. The van der Waals surface area contributed by atoms with E-state index in [1.165, 1.54) is 11.8 Å². The third kappa shape index (κ3) is 5.01. The number of hydrogen-bond acceptors (Lipinski definition) is 5. The summed E-state index contributed by atoms with van der Waals surface area (Å²) in [6.45, 7) is 2.72. The fourth-order valence-electron chi connectivity index (χ4n) is 2.71. The summed E-state index contributed by atoms with van der Waals surface area (Å²) in [6.07, 6.45) is 0. The fourth-order valence-corrected chi connectivity index (χ4v) is 3.90. The predicted molar refractivity (Wildman–Crippen MR) is 116 cm³/mol. The smallest absolute Gasteiger partial charge is 0.262 e. The molecule has 0 aliphatic carbocycles. The van der Waals surface area contributed by atoms with Crippen molar-refractivity contribution >= 4 is 50.2 Å². The van der Waals surface area contributed by atoms with Crippen molar-refractivity contribution in [2.75, 3.05) is 24.8 Å². The molecule has 0 saturated carbocycles. The summed E-state index contributed by atoms with van der Waals surface area (Å²) >= 11 is 4.62. The first kappa shape index (κ1) is 20.6. The van der Waals surface area contributed by atoms with Crippen LogP contribution in [0.15, 0.2) is 56.9 Å². The molecule has 0 aliphatic rings. The Bertz CT molecular complexity index is 1070. The largest absolute Gasteiger partial charge is 0.383 e. The second-order valence-electron chi connectivity index (χ2n) is 6.21. The van der Waals surface area contributed by atoms with Gasteiger partial charge in [0.2, 0.25) is 5.91 Å². The lowest BCUT2D eigenvalue weighted by Gasteiger charge is -2.13. The van der Waals surface area contributed by atoms with Crippen molar-refractivity contribution in [3.8, 4) is 0 Å². The molecule has 3 aromatic rings. The van der Waals surface area contributed by atoms with Gasteiger partial charge >= 0.3 is 0 Å². The average molecular weight is 462 g/mol. The number of nitrogens with zero attached hydrogens (tertiary/aromatic N) is 2. The summed E-state index contributed by atoms with van der Waals surface area (Å²) < 4.78 is 7.50. The number of amides is 1. The number of carbonyl (C=O) groups is 1. The van der Waals surface area contributed by atoms with Crippen molar-refractivity contribution in [1.29, 1.82) is 0 Å². The van der Waals surface area contributed by atoms with Gasteiger partial charge in [0.25, 0.3) is 5.56 Å². The Labute approximate surface area is 175 Å². The highest BCUT2D eigenvalue weighted by Crippen LogP contribution is 2.21. The van der Waals surface area contributed by atoms with E-state index in [2.05, 4.69) is 26.2 Å². The molecule has 6 nitrogen and oxygen atoms in total. The summed E-state index contributed by atoms with van der Waals surface area (Å²) in [5.74, 6) is -0.00545. The Kier molecular flexibility index (Phi) is 6.88. The van der Waals surface area contributed by atoms with Crippen LogP contribution >= 0.6 is 27.7 Å². The number of aryl methyl sites for hydroxylation is 1. The molecule has 0 saturated heterocycles. The predicted octanol–water partition coefficient (Wildman–Crippen LogP) is 3.84. The molecule has 0 bridgehead atoms. The van der Waals surface area contributed by atoms with E-state index in [0.717, 1.165) is 15.7 Å². The number of rotatable bonds is 7. The van der Waals surface area contributed by atoms with Gasteiger partial charge in [-0.25, -0.2) is 4.98 Å². The Morgan fingerprint density at radius 3 is 2.86 bits per heavy atom. The van der Waals surface area contributed by atoms with Crippen molar-refractivity contribution in [2.24, 2.45) is 0 Å². The number of thioether (sulfide) groups is 1. The van der Waals surface area contributed by atoms with Crippen LogP contribution in [0.25, 0.3) is 10.9 Å². The summed E-state index contributed by atoms with van der Waals surface area (Å²) in [7, 11) is 1.58. The van der Waals surface area contributed by atoms with Gasteiger partial charge in [-0.05, 0) is 42.8 Å². The van der Waals surface area contributed by atoms with Crippen molar-refractivity contribution in [3.63, 3.8) is 0 Å². The number of fused-ring (bicyclic) bond motifs is 1. The molecule has 1 N–H and O–H groups in total. The molecular formula is C20H20BrN3O3S.